The maximum absolute atomic E-state index is 11.1. The molecule has 0 atom stereocenters. The number of nitrogens with zero attached hydrogens (tertiary/aromatic N) is 1. The van der Waals surface area contributed by atoms with Gasteiger partial charge in [-0.2, -0.15) is 5.26 Å². The summed E-state index contributed by atoms with van der Waals surface area (Å²) in [7, 11) is 1.28. The third-order valence-electron chi connectivity index (χ3n) is 1.67. The SMILES string of the molecule is [CH2]c1cccc(C(=O)OC)c1C#N. The summed E-state index contributed by atoms with van der Waals surface area (Å²) in [6, 6.07) is 6.79. The molecule has 0 aliphatic carbocycles. The lowest BCUT2D eigenvalue weighted by Gasteiger charge is -2.03. The smallest absolute Gasteiger partial charge is 0.339 e. The summed E-state index contributed by atoms with van der Waals surface area (Å²) in [6.07, 6.45) is 0. The summed E-state index contributed by atoms with van der Waals surface area (Å²) in [5.74, 6) is -0.512. The Bertz CT molecular complexity index is 377. The predicted molar refractivity (Wildman–Crippen MR) is 47.0 cm³/mol. The van der Waals surface area contributed by atoms with Gasteiger partial charge in [0.05, 0.1) is 18.2 Å². The van der Waals surface area contributed by atoms with Crippen molar-refractivity contribution in [1.29, 1.82) is 5.26 Å². The van der Waals surface area contributed by atoms with Crippen LogP contribution in [0.4, 0.5) is 0 Å². The molecule has 65 valence electrons. The van der Waals surface area contributed by atoms with Crippen molar-refractivity contribution in [3.63, 3.8) is 0 Å². The highest BCUT2D eigenvalue weighted by atomic mass is 16.5. The van der Waals surface area contributed by atoms with E-state index < -0.39 is 5.97 Å². The second-order valence-electron chi connectivity index (χ2n) is 2.44. The number of hydrogen-bond donors (Lipinski definition) is 0. The zero-order chi connectivity index (χ0) is 9.84. The van der Waals surface area contributed by atoms with Crippen molar-refractivity contribution in [3.8, 4) is 6.07 Å². The molecule has 13 heavy (non-hydrogen) atoms. The van der Waals surface area contributed by atoms with E-state index in [1.54, 1.807) is 18.2 Å². The lowest BCUT2D eigenvalue weighted by Crippen LogP contribution is -2.04. The molecule has 1 radical (unpaired) electrons. The minimum absolute atomic E-state index is 0.262. The van der Waals surface area contributed by atoms with E-state index in [1.807, 2.05) is 6.07 Å². The van der Waals surface area contributed by atoms with Crippen molar-refractivity contribution in [1.82, 2.24) is 0 Å². The highest BCUT2D eigenvalue weighted by Gasteiger charge is 2.12. The molecule has 1 aromatic carbocycles. The zero-order valence-corrected chi connectivity index (χ0v) is 7.20. The molecule has 0 aromatic heterocycles. The van der Waals surface area contributed by atoms with Gasteiger partial charge in [0.2, 0.25) is 0 Å². The second-order valence-corrected chi connectivity index (χ2v) is 2.44. The molecular formula is C10H8NO2. The summed E-state index contributed by atoms with van der Waals surface area (Å²) in [5, 5.41) is 8.75. The van der Waals surface area contributed by atoms with Gasteiger partial charge in [-0.25, -0.2) is 4.79 Å². The second kappa shape index (κ2) is 3.72. The van der Waals surface area contributed by atoms with Crippen LogP contribution in [0.15, 0.2) is 18.2 Å². The first-order valence-electron chi connectivity index (χ1n) is 3.64. The molecule has 1 aromatic rings. The molecule has 0 amide bonds. The summed E-state index contributed by atoms with van der Waals surface area (Å²) in [5.41, 5.74) is 1.07. The minimum Gasteiger partial charge on any atom is -0.465 e. The van der Waals surface area contributed by atoms with Crippen molar-refractivity contribution < 1.29 is 9.53 Å². The summed E-state index contributed by atoms with van der Waals surface area (Å²) < 4.78 is 4.52. The van der Waals surface area contributed by atoms with E-state index in [9.17, 15) is 4.79 Å². The maximum atomic E-state index is 11.1. The summed E-state index contributed by atoms with van der Waals surface area (Å²) in [4.78, 5) is 11.1. The van der Waals surface area contributed by atoms with Crippen molar-refractivity contribution in [3.05, 3.63) is 41.8 Å². The van der Waals surface area contributed by atoms with Gasteiger partial charge in [-0.15, -0.1) is 0 Å². The Labute approximate surface area is 76.6 Å². The van der Waals surface area contributed by atoms with E-state index in [0.717, 1.165) is 0 Å². The van der Waals surface area contributed by atoms with Crippen LogP contribution < -0.4 is 0 Å². The standard InChI is InChI=1S/C10H8NO2/c1-7-4-3-5-8(9(7)6-11)10(12)13-2/h3-5H,1H2,2H3. The zero-order valence-electron chi connectivity index (χ0n) is 7.20. The fourth-order valence-electron chi connectivity index (χ4n) is 1.01. The fraction of sp³-hybridized carbons (Fsp3) is 0.100. The molecule has 0 fully saturated rings. The molecule has 0 bridgehead atoms. The Kier molecular flexibility index (Phi) is 2.65. The fourth-order valence-corrected chi connectivity index (χ4v) is 1.01. The van der Waals surface area contributed by atoms with Gasteiger partial charge in [-0.1, -0.05) is 12.1 Å². The molecule has 0 N–H and O–H groups in total. The highest BCUT2D eigenvalue weighted by Crippen LogP contribution is 2.13. The van der Waals surface area contributed by atoms with E-state index >= 15 is 0 Å². The first-order valence-corrected chi connectivity index (χ1v) is 3.64. The quantitative estimate of drug-likeness (QED) is 0.606. The first kappa shape index (κ1) is 9.27. The van der Waals surface area contributed by atoms with Crippen LogP contribution in [0.5, 0.6) is 0 Å². The van der Waals surface area contributed by atoms with Crippen LogP contribution in [0.2, 0.25) is 0 Å². The number of rotatable bonds is 1. The van der Waals surface area contributed by atoms with E-state index in [1.165, 1.54) is 7.11 Å². The molecular weight excluding hydrogens is 166 g/mol. The molecule has 0 saturated heterocycles. The molecule has 3 heteroatoms. The van der Waals surface area contributed by atoms with Crippen LogP contribution >= 0.6 is 0 Å². The van der Waals surface area contributed by atoms with Gasteiger partial charge in [0, 0.05) is 0 Å². The Morgan fingerprint density at radius 3 is 2.85 bits per heavy atom. The Morgan fingerprint density at radius 2 is 2.31 bits per heavy atom. The van der Waals surface area contributed by atoms with E-state index in [4.69, 9.17) is 5.26 Å². The van der Waals surface area contributed by atoms with Crippen LogP contribution in [0.25, 0.3) is 0 Å². The molecule has 1 rings (SSSR count). The van der Waals surface area contributed by atoms with Gasteiger partial charge >= 0.3 is 5.97 Å². The lowest BCUT2D eigenvalue weighted by molar-refractivity contribution is 0.0600. The van der Waals surface area contributed by atoms with E-state index in [0.29, 0.717) is 5.56 Å². The average Bonchev–Trinajstić information content (AvgIpc) is 2.16. The van der Waals surface area contributed by atoms with Gasteiger partial charge in [0.15, 0.2) is 0 Å². The number of methoxy groups -OCH3 is 1. The normalized spacial score (nSPS) is 9.00. The minimum atomic E-state index is -0.512. The van der Waals surface area contributed by atoms with E-state index in [-0.39, 0.29) is 11.1 Å². The van der Waals surface area contributed by atoms with Crippen molar-refractivity contribution in [2.45, 2.75) is 0 Å². The number of carbonyl (C=O) groups is 1. The number of benzene rings is 1. The first-order chi connectivity index (χ1) is 6.20. The number of carbonyl (C=O) groups excluding carboxylic acids is 1. The highest BCUT2D eigenvalue weighted by molar-refractivity contribution is 5.92. The molecule has 0 spiro atoms. The summed E-state index contributed by atoms with van der Waals surface area (Å²) in [6.45, 7) is 3.64. The van der Waals surface area contributed by atoms with Gasteiger partial charge in [-0.05, 0) is 18.6 Å². The van der Waals surface area contributed by atoms with Crippen molar-refractivity contribution >= 4 is 5.97 Å². The largest absolute Gasteiger partial charge is 0.465 e. The lowest BCUT2D eigenvalue weighted by atomic mass is 10.0. The molecule has 3 nitrogen and oxygen atoms in total. The molecule has 0 unspecified atom stereocenters. The third kappa shape index (κ3) is 1.67. The van der Waals surface area contributed by atoms with E-state index in [2.05, 4.69) is 11.7 Å². The summed E-state index contributed by atoms with van der Waals surface area (Å²) >= 11 is 0. The van der Waals surface area contributed by atoms with Crippen molar-refractivity contribution in [2.24, 2.45) is 0 Å². The van der Waals surface area contributed by atoms with Crippen LogP contribution in [-0.2, 0) is 4.74 Å². The van der Waals surface area contributed by atoms with Crippen LogP contribution in [0.3, 0.4) is 0 Å². The van der Waals surface area contributed by atoms with Gasteiger partial charge in [0.1, 0.15) is 6.07 Å². The molecule has 0 saturated carbocycles. The topological polar surface area (TPSA) is 50.1 Å². The average molecular weight is 174 g/mol. The molecule has 0 aliphatic rings. The molecule has 0 heterocycles. The predicted octanol–water partition coefficient (Wildman–Crippen LogP) is 1.53. The van der Waals surface area contributed by atoms with Crippen LogP contribution in [-0.4, -0.2) is 13.1 Å². The van der Waals surface area contributed by atoms with Gasteiger partial charge < -0.3 is 4.74 Å². The maximum Gasteiger partial charge on any atom is 0.339 e. The van der Waals surface area contributed by atoms with Crippen LogP contribution in [0, 0.1) is 18.3 Å². The van der Waals surface area contributed by atoms with Crippen LogP contribution in [0.1, 0.15) is 21.5 Å². The monoisotopic (exact) mass is 174 g/mol. The Balaban J connectivity index is 3.30. The number of ether oxygens (including phenoxy) is 1. The number of esters is 1. The van der Waals surface area contributed by atoms with Gasteiger partial charge in [0.25, 0.3) is 0 Å². The number of hydrogen-bond acceptors (Lipinski definition) is 3. The Morgan fingerprint density at radius 1 is 1.62 bits per heavy atom. The molecule has 0 aliphatic heterocycles. The number of nitriles is 1. The van der Waals surface area contributed by atoms with Crippen molar-refractivity contribution in [2.75, 3.05) is 7.11 Å². The third-order valence-corrected chi connectivity index (χ3v) is 1.67. The Hall–Kier alpha value is -1.82. The van der Waals surface area contributed by atoms with Gasteiger partial charge in [-0.3, -0.25) is 0 Å².